The lowest BCUT2D eigenvalue weighted by molar-refractivity contribution is 0.302. The Hall–Kier alpha value is -2.59. The van der Waals surface area contributed by atoms with Crippen LogP contribution in [0.4, 0.5) is 4.39 Å². The van der Waals surface area contributed by atoms with E-state index in [0.29, 0.717) is 16.9 Å². The molecule has 1 aliphatic rings. The molecule has 0 nitrogen and oxygen atoms in total. The largest absolute Gasteiger partial charge is 0.205 e. The minimum Gasteiger partial charge on any atom is -0.205 e. The molecule has 1 aliphatic carbocycles. The van der Waals surface area contributed by atoms with Crippen LogP contribution in [0.25, 0.3) is 10.8 Å². The van der Waals surface area contributed by atoms with Gasteiger partial charge in [-0.3, -0.25) is 0 Å². The van der Waals surface area contributed by atoms with E-state index in [9.17, 15) is 0 Å². The number of hydrogen-bond donors (Lipinski definition) is 0. The topological polar surface area (TPSA) is 0 Å². The number of aryl methyl sites for hydroxylation is 1. The fourth-order valence-electron chi connectivity index (χ4n) is 6.13. The van der Waals surface area contributed by atoms with Crippen molar-refractivity contribution in [3.8, 4) is 11.8 Å². The highest BCUT2D eigenvalue weighted by molar-refractivity contribution is 5.85. The van der Waals surface area contributed by atoms with Crippen LogP contribution >= 0.6 is 0 Å². The Morgan fingerprint density at radius 2 is 1.42 bits per heavy atom. The van der Waals surface area contributed by atoms with Gasteiger partial charge in [-0.2, -0.15) is 0 Å². The second-order valence-corrected chi connectivity index (χ2v) is 11.6. The highest BCUT2D eigenvalue weighted by atomic mass is 19.1. The Labute approximate surface area is 231 Å². The van der Waals surface area contributed by atoms with Gasteiger partial charge in [-0.15, -0.1) is 0 Å². The maximum atomic E-state index is 15.4. The fraction of sp³-hybridized carbons (Fsp3) is 0.514. The summed E-state index contributed by atoms with van der Waals surface area (Å²) in [6.45, 7) is 4.53. The van der Waals surface area contributed by atoms with E-state index < -0.39 is 0 Å². The van der Waals surface area contributed by atoms with Gasteiger partial charge in [-0.25, -0.2) is 4.39 Å². The number of rotatable bonds is 12. The Balaban J connectivity index is 1.34. The average molecular weight is 511 g/mol. The summed E-state index contributed by atoms with van der Waals surface area (Å²) in [5.41, 5.74) is 4.16. The first kappa shape index (κ1) is 28.4. The van der Waals surface area contributed by atoms with E-state index in [1.165, 1.54) is 101 Å². The molecule has 0 bridgehead atoms. The monoisotopic (exact) mass is 510 g/mol. The second-order valence-electron chi connectivity index (χ2n) is 11.6. The van der Waals surface area contributed by atoms with Crippen molar-refractivity contribution in [3.05, 3.63) is 82.7 Å². The Bertz CT molecular complexity index is 1190. The zero-order valence-electron chi connectivity index (χ0n) is 23.8. The smallest absolute Gasteiger partial charge is 0.146 e. The second kappa shape index (κ2) is 15.1. The molecule has 0 N–H and O–H groups in total. The van der Waals surface area contributed by atoms with E-state index in [1.54, 1.807) is 0 Å². The molecule has 1 heteroatoms. The summed E-state index contributed by atoms with van der Waals surface area (Å²) in [6, 6.07) is 18.7. The van der Waals surface area contributed by atoms with Crippen LogP contribution in [0.2, 0.25) is 0 Å². The molecule has 202 valence electrons. The third-order valence-electron chi connectivity index (χ3n) is 8.63. The van der Waals surface area contributed by atoms with Crippen molar-refractivity contribution in [2.45, 2.75) is 116 Å². The van der Waals surface area contributed by atoms with Gasteiger partial charge < -0.3 is 0 Å². The molecule has 0 heterocycles. The van der Waals surface area contributed by atoms with Gasteiger partial charge >= 0.3 is 0 Å². The SMILES string of the molecule is CCCCCCCc1ccc(C#Cc2ccc3cc(C4CCC(CCCCCC)CC4)ccc3c2F)cc1. The van der Waals surface area contributed by atoms with Gasteiger partial charge in [-0.05, 0) is 85.1 Å². The third-order valence-corrected chi connectivity index (χ3v) is 8.63. The molecule has 3 aromatic carbocycles. The minimum atomic E-state index is -0.193. The summed E-state index contributed by atoms with van der Waals surface area (Å²) in [5.74, 6) is 7.60. The predicted octanol–water partition coefficient (Wildman–Crippen LogP) is 11.1. The third kappa shape index (κ3) is 8.20. The predicted molar refractivity (Wildman–Crippen MR) is 162 cm³/mol. The number of halogens is 1. The molecular formula is C37H47F. The summed E-state index contributed by atoms with van der Waals surface area (Å²) in [5, 5.41) is 1.68. The van der Waals surface area contributed by atoms with Gasteiger partial charge in [0, 0.05) is 10.9 Å². The molecule has 0 atom stereocenters. The van der Waals surface area contributed by atoms with Crippen LogP contribution in [-0.4, -0.2) is 0 Å². The van der Waals surface area contributed by atoms with Crippen molar-refractivity contribution in [1.29, 1.82) is 0 Å². The number of benzene rings is 3. The maximum absolute atomic E-state index is 15.4. The molecule has 1 fully saturated rings. The number of unbranched alkanes of at least 4 members (excludes halogenated alkanes) is 7. The Morgan fingerprint density at radius 3 is 2.16 bits per heavy atom. The molecular weight excluding hydrogens is 463 g/mol. The van der Waals surface area contributed by atoms with Crippen molar-refractivity contribution in [2.24, 2.45) is 5.92 Å². The van der Waals surface area contributed by atoms with Crippen LogP contribution in [0.5, 0.6) is 0 Å². The molecule has 3 aromatic rings. The first-order valence-corrected chi connectivity index (χ1v) is 15.5. The lowest BCUT2D eigenvalue weighted by Gasteiger charge is -2.29. The standard InChI is InChI=1S/C37H47F/c1-3-5-7-9-11-13-29-14-16-31(17-15-29)20-23-33-24-25-35-28-34(26-27-36(35)37(33)38)32-21-18-30(19-22-32)12-10-8-6-4-2/h14-17,24-28,30,32H,3-13,18-19,21-22H2,1-2H3. The summed E-state index contributed by atoms with van der Waals surface area (Å²) in [6.07, 6.45) is 19.7. The van der Waals surface area contributed by atoms with E-state index in [4.69, 9.17) is 0 Å². The van der Waals surface area contributed by atoms with Crippen LogP contribution in [-0.2, 0) is 6.42 Å². The van der Waals surface area contributed by atoms with Crippen molar-refractivity contribution in [1.82, 2.24) is 0 Å². The lowest BCUT2D eigenvalue weighted by atomic mass is 9.76. The van der Waals surface area contributed by atoms with Crippen LogP contribution < -0.4 is 0 Å². The van der Waals surface area contributed by atoms with Gasteiger partial charge in [0.25, 0.3) is 0 Å². The highest BCUT2D eigenvalue weighted by Gasteiger charge is 2.22. The van der Waals surface area contributed by atoms with Gasteiger partial charge in [0.2, 0.25) is 0 Å². The molecule has 0 amide bonds. The van der Waals surface area contributed by atoms with Gasteiger partial charge in [0.1, 0.15) is 5.82 Å². The van der Waals surface area contributed by atoms with Crippen LogP contribution in [0.1, 0.15) is 132 Å². The molecule has 0 aliphatic heterocycles. The van der Waals surface area contributed by atoms with Crippen LogP contribution in [0.15, 0.2) is 54.6 Å². The van der Waals surface area contributed by atoms with Crippen molar-refractivity contribution in [2.75, 3.05) is 0 Å². The molecule has 0 unspecified atom stereocenters. The molecule has 4 rings (SSSR count). The van der Waals surface area contributed by atoms with Crippen molar-refractivity contribution < 1.29 is 4.39 Å². The first-order valence-electron chi connectivity index (χ1n) is 15.5. The summed E-state index contributed by atoms with van der Waals surface area (Å²) < 4.78 is 15.4. The zero-order valence-corrected chi connectivity index (χ0v) is 23.8. The van der Waals surface area contributed by atoms with E-state index in [2.05, 4.69) is 62.1 Å². The molecule has 1 saturated carbocycles. The highest BCUT2D eigenvalue weighted by Crippen LogP contribution is 2.39. The van der Waals surface area contributed by atoms with Crippen molar-refractivity contribution >= 4 is 10.8 Å². The summed E-state index contributed by atoms with van der Waals surface area (Å²) in [4.78, 5) is 0. The molecule has 0 spiro atoms. The van der Waals surface area contributed by atoms with E-state index in [1.807, 2.05) is 18.2 Å². The number of hydrogen-bond acceptors (Lipinski definition) is 0. The van der Waals surface area contributed by atoms with Gasteiger partial charge in [0.15, 0.2) is 0 Å². The number of fused-ring (bicyclic) bond motifs is 1. The molecule has 0 saturated heterocycles. The van der Waals surface area contributed by atoms with Crippen molar-refractivity contribution in [3.63, 3.8) is 0 Å². The first-order chi connectivity index (χ1) is 18.7. The van der Waals surface area contributed by atoms with E-state index in [-0.39, 0.29) is 5.82 Å². The van der Waals surface area contributed by atoms with E-state index >= 15 is 4.39 Å². The quantitative estimate of drug-likeness (QED) is 0.168. The summed E-state index contributed by atoms with van der Waals surface area (Å²) >= 11 is 0. The fourth-order valence-corrected chi connectivity index (χ4v) is 6.13. The Kier molecular flexibility index (Phi) is 11.3. The molecule has 0 radical (unpaired) electrons. The zero-order chi connectivity index (χ0) is 26.6. The van der Waals surface area contributed by atoms with Gasteiger partial charge in [-0.1, -0.05) is 120 Å². The van der Waals surface area contributed by atoms with Gasteiger partial charge in [0.05, 0.1) is 5.56 Å². The Morgan fingerprint density at radius 1 is 0.711 bits per heavy atom. The molecule has 0 aromatic heterocycles. The maximum Gasteiger partial charge on any atom is 0.146 e. The van der Waals surface area contributed by atoms with E-state index in [0.717, 1.165) is 23.3 Å². The van der Waals surface area contributed by atoms with Crippen LogP contribution in [0, 0.1) is 23.6 Å². The lowest BCUT2D eigenvalue weighted by Crippen LogP contribution is -2.13. The average Bonchev–Trinajstić information content (AvgIpc) is 2.96. The van der Waals surface area contributed by atoms with Crippen LogP contribution in [0.3, 0.4) is 0 Å². The summed E-state index contributed by atoms with van der Waals surface area (Å²) in [7, 11) is 0. The minimum absolute atomic E-state index is 0.193. The molecule has 38 heavy (non-hydrogen) atoms. The normalized spacial score (nSPS) is 17.3.